The molecular weight excluding hydrogens is 352 g/mol. The summed E-state index contributed by atoms with van der Waals surface area (Å²) in [6.07, 6.45) is 0.987. The molecule has 2 aromatic rings. The first-order valence-electron chi connectivity index (χ1n) is 9.61. The van der Waals surface area contributed by atoms with Crippen LogP contribution in [0.2, 0.25) is 0 Å². The Morgan fingerprint density at radius 1 is 0.964 bits per heavy atom. The zero-order valence-corrected chi connectivity index (χ0v) is 17.3. The molecule has 0 bridgehead atoms. The molecular formula is C23H30N2O3. The van der Waals surface area contributed by atoms with Crippen LogP contribution >= 0.6 is 0 Å². The fraction of sp³-hybridized carbons (Fsp3) is 0.391. The molecule has 0 atom stereocenters. The van der Waals surface area contributed by atoms with Gasteiger partial charge in [-0.05, 0) is 75.6 Å². The van der Waals surface area contributed by atoms with Crippen LogP contribution in [-0.2, 0) is 0 Å². The molecule has 0 aromatic heterocycles. The average Bonchev–Trinajstić information content (AvgIpc) is 2.61. The van der Waals surface area contributed by atoms with Gasteiger partial charge in [0.05, 0.1) is 6.61 Å². The molecule has 0 unspecified atom stereocenters. The first-order valence-corrected chi connectivity index (χ1v) is 9.61. The van der Waals surface area contributed by atoms with Gasteiger partial charge in [0, 0.05) is 22.4 Å². The number of carbonyl (C=O) groups is 2. The normalized spacial score (nSPS) is 11.2. The molecule has 5 nitrogen and oxygen atoms in total. The van der Waals surface area contributed by atoms with Crippen LogP contribution in [0.15, 0.2) is 48.5 Å². The summed E-state index contributed by atoms with van der Waals surface area (Å²) in [6, 6.07) is 14.0. The molecule has 0 heterocycles. The summed E-state index contributed by atoms with van der Waals surface area (Å²) in [5.74, 6) is 0.929. The van der Waals surface area contributed by atoms with Gasteiger partial charge in [0.15, 0.2) is 0 Å². The molecule has 150 valence electrons. The van der Waals surface area contributed by atoms with Gasteiger partial charge in [0.1, 0.15) is 5.75 Å². The molecule has 5 heteroatoms. The fourth-order valence-corrected chi connectivity index (χ4v) is 2.47. The number of amides is 2. The second kappa shape index (κ2) is 9.40. The van der Waals surface area contributed by atoms with Crippen LogP contribution in [-0.4, -0.2) is 24.0 Å². The molecule has 2 N–H and O–H groups in total. The van der Waals surface area contributed by atoms with Crippen molar-refractivity contribution in [1.82, 2.24) is 5.32 Å². The Bertz CT molecular complexity index is 805. The van der Waals surface area contributed by atoms with E-state index in [-0.39, 0.29) is 17.4 Å². The molecule has 2 amide bonds. The maximum atomic E-state index is 12.5. The second-order valence-electron chi connectivity index (χ2n) is 8.29. The fourth-order valence-electron chi connectivity index (χ4n) is 2.47. The predicted octanol–water partition coefficient (Wildman–Crippen LogP) is 4.89. The highest BCUT2D eigenvalue weighted by Gasteiger charge is 2.16. The van der Waals surface area contributed by atoms with Gasteiger partial charge in [-0.15, -0.1) is 0 Å². The molecule has 0 aliphatic heterocycles. The Balaban J connectivity index is 1.99. The van der Waals surface area contributed by atoms with Crippen LogP contribution in [0.1, 0.15) is 61.8 Å². The van der Waals surface area contributed by atoms with Crippen LogP contribution in [0, 0.1) is 5.92 Å². The Kier molecular flexibility index (Phi) is 7.21. The van der Waals surface area contributed by atoms with Gasteiger partial charge in [-0.2, -0.15) is 0 Å². The predicted molar refractivity (Wildman–Crippen MR) is 113 cm³/mol. The van der Waals surface area contributed by atoms with E-state index in [2.05, 4.69) is 24.5 Å². The van der Waals surface area contributed by atoms with E-state index in [4.69, 9.17) is 4.74 Å². The highest BCUT2D eigenvalue weighted by atomic mass is 16.5. The van der Waals surface area contributed by atoms with Crippen molar-refractivity contribution in [3.05, 3.63) is 59.7 Å². The van der Waals surface area contributed by atoms with Crippen molar-refractivity contribution in [2.75, 3.05) is 11.9 Å². The quantitative estimate of drug-likeness (QED) is 0.716. The Hall–Kier alpha value is -2.82. The minimum atomic E-state index is -0.324. The van der Waals surface area contributed by atoms with Crippen molar-refractivity contribution >= 4 is 17.5 Å². The maximum absolute atomic E-state index is 12.5. The lowest BCUT2D eigenvalue weighted by Gasteiger charge is -2.20. The molecule has 28 heavy (non-hydrogen) atoms. The minimum Gasteiger partial charge on any atom is -0.494 e. The van der Waals surface area contributed by atoms with Gasteiger partial charge in [-0.25, -0.2) is 0 Å². The van der Waals surface area contributed by atoms with Crippen LogP contribution in [0.3, 0.4) is 0 Å². The van der Waals surface area contributed by atoms with Crippen molar-refractivity contribution in [2.45, 2.75) is 46.6 Å². The average molecular weight is 383 g/mol. The van der Waals surface area contributed by atoms with Gasteiger partial charge in [0.25, 0.3) is 11.8 Å². The maximum Gasteiger partial charge on any atom is 0.255 e. The molecule has 0 saturated heterocycles. The number of nitrogens with one attached hydrogen (secondary N) is 2. The number of hydrogen-bond acceptors (Lipinski definition) is 3. The highest BCUT2D eigenvalue weighted by Crippen LogP contribution is 2.16. The van der Waals surface area contributed by atoms with Crippen LogP contribution < -0.4 is 15.4 Å². The molecule has 0 spiro atoms. The van der Waals surface area contributed by atoms with E-state index in [9.17, 15) is 9.59 Å². The molecule has 0 saturated carbocycles. The Labute approximate surface area is 167 Å². The minimum absolute atomic E-state index is 0.175. The van der Waals surface area contributed by atoms with Crippen LogP contribution in [0.4, 0.5) is 5.69 Å². The third-order valence-electron chi connectivity index (χ3n) is 3.95. The number of ether oxygens (including phenoxy) is 1. The Morgan fingerprint density at radius 3 is 2.25 bits per heavy atom. The highest BCUT2D eigenvalue weighted by molar-refractivity contribution is 6.05. The number of hydrogen-bond donors (Lipinski definition) is 2. The summed E-state index contributed by atoms with van der Waals surface area (Å²) in [4.78, 5) is 24.8. The molecule has 0 radical (unpaired) electrons. The van der Waals surface area contributed by atoms with Crippen molar-refractivity contribution in [1.29, 1.82) is 0 Å². The van der Waals surface area contributed by atoms with Crippen molar-refractivity contribution < 1.29 is 14.3 Å². The van der Waals surface area contributed by atoms with E-state index in [0.717, 1.165) is 12.2 Å². The first kappa shape index (κ1) is 21.5. The zero-order chi connectivity index (χ0) is 20.7. The number of carbonyl (C=O) groups excluding carboxylic acids is 2. The number of rotatable bonds is 7. The van der Waals surface area contributed by atoms with E-state index in [1.54, 1.807) is 48.5 Å². The van der Waals surface area contributed by atoms with Crippen molar-refractivity contribution in [3.8, 4) is 5.75 Å². The zero-order valence-electron chi connectivity index (χ0n) is 17.3. The summed E-state index contributed by atoms with van der Waals surface area (Å²) in [5.41, 5.74) is 1.28. The lowest BCUT2D eigenvalue weighted by Crippen LogP contribution is -2.40. The summed E-state index contributed by atoms with van der Waals surface area (Å²) in [7, 11) is 0. The summed E-state index contributed by atoms with van der Waals surface area (Å²) < 4.78 is 5.68. The van der Waals surface area contributed by atoms with Crippen molar-refractivity contribution in [3.63, 3.8) is 0 Å². The second-order valence-corrected chi connectivity index (χ2v) is 8.29. The van der Waals surface area contributed by atoms with E-state index in [1.165, 1.54) is 0 Å². The van der Waals surface area contributed by atoms with E-state index in [1.807, 2.05) is 20.8 Å². The van der Waals surface area contributed by atoms with Crippen LogP contribution in [0.5, 0.6) is 5.75 Å². The third-order valence-corrected chi connectivity index (χ3v) is 3.95. The van der Waals surface area contributed by atoms with Gasteiger partial charge >= 0.3 is 0 Å². The molecule has 0 fully saturated rings. The van der Waals surface area contributed by atoms with Gasteiger partial charge < -0.3 is 15.4 Å². The largest absolute Gasteiger partial charge is 0.494 e. The summed E-state index contributed by atoms with van der Waals surface area (Å²) in [6.45, 7) is 10.7. The first-order chi connectivity index (χ1) is 13.1. The Morgan fingerprint density at radius 2 is 1.64 bits per heavy atom. The SMILES string of the molecule is CC(C)CCOc1ccc(C(=O)Nc2cccc(C(=O)NC(C)(C)C)c2)cc1. The van der Waals surface area contributed by atoms with E-state index < -0.39 is 0 Å². The lowest BCUT2D eigenvalue weighted by molar-refractivity contribution is 0.0918. The standard InChI is InChI=1S/C23H30N2O3/c1-16(2)13-14-28-20-11-9-17(10-12-20)21(26)24-19-8-6-7-18(15-19)22(27)25-23(3,4)5/h6-12,15-16H,13-14H2,1-5H3,(H,24,26)(H,25,27). The number of benzene rings is 2. The molecule has 0 aliphatic rings. The molecule has 2 aromatic carbocycles. The third kappa shape index (κ3) is 7.06. The van der Waals surface area contributed by atoms with E-state index in [0.29, 0.717) is 29.3 Å². The van der Waals surface area contributed by atoms with Crippen molar-refractivity contribution in [2.24, 2.45) is 5.92 Å². The smallest absolute Gasteiger partial charge is 0.255 e. The molecule has 0 aliphatic carbocycles. The lowest BCUT2D eigenvalue weighted by atomic mass is 10.1. The van der Waals surface area contributed by atoms with E-state index >= 15 is 0 Å². The topological polar surface area (TPSA) is 67.4 Å². The van der Waals surface area contributed by atoms with Crippen LogP contribution in [0.25, 0.3) is 0 Å². The van der Waals surface area contributed by atoms with Gasteiger partial charge in [0.2, 0.25) is 0 Å². The molecule has 2 rings (SSSR count). The monoisotopic (exact) mass is 382 g/mol. The van der Waals surface area contributed by atoms with Gasteiger partial charge in [-0.1, -0.05) is 19.9 Å². The number of anilines is 1. The summed E-state index contributed by atoms with van der Waals surface area (Å²) in [5, 5.41) is 5.75. The van der Waals surface area contributed by atoms with Gasteiger partial charge in [-0.3, -0.25) is 9.59 Å². The summed E-state index contributed by atoms with van der Waals surface area (Å²) >= 11 is 0.